The number of ether oxygens (including phenoxy) is 1. The highest BCUT2D eigenvalue weighted by Crippen LogP contribution is 2.29. The third-order valence-corrected chi connectivity index (χ3v) is 4.46. The van der Waals surface area contributed by atoms with Crippen LogP contribution in [-0.2, 0) is 11.3 Å². The van der Waals surface area contributed by atoms with Gasteiger partial charge in [-0.3, -0.25) is 9.36 Å². The Bertz CT molecular complexity index is 1060. The minimum Gasteiger partial charge on any atom is -0.488 e. The van der Waals surface area contributed by atoms with Crippen molar-refractivity contribution in [3.05, 3.63) is 89.1 Å². The van der Waals surface area contributed by atoms with Crippen LogP contribution in [0.25, 0.3) is 11.9 Å². The van der Waals surface area contributed by atoms with Crippen molar-refractivity contribution in [2.75, 3.05) is 6.61 Å². The number of amides is 1. The molecule has 0 atom stereocenters. The second-order valence-corrected chi connectivity index (χ2v) is 6.63. The number of nitrogens with zero attached hydrogens (tertiary/aromatic N) is 3. The maximum absolute atomic E-state index is 12.2. The third-order valence-electron chi connectivity index (χ3n) is 4.23. The lowest BCUT2D eigenvalue weighted by Crippen LogP contribution is -2.21. The van der Waals surface area contributed by atoms with E-state index < -0.39 is 0 Å². The number of hydrogen-bond acceptors (Lipinski definition) is 4. The van der Waals surface area contributed by atoms with Gasteiger partial charge in [-0.1, -0.05) is 23.7 Å². The molecular formula is C21H17ClN4O2. The second-order valence-electron chi connectivity index (χ2n) is 6.20. The number of hydrogen-bond donors (Lipinski definition) is 1. The molecule has 7 heteroatoms. The lowest BCUT2D eigenvalue weighted by molar-refractivity contribution is -0.116. The SMILES string of the molecule is O=C(/C=C\C1=Cc2cc(Cl)ccc2OC1)NCc1cccnc1-n1ccnc1. The summed E-state index contributed by atoms with van der Waals surface area (Å²) in [6.07, 6.45) is 12.1. The number of nitrogens with one attached hydrogen (secondary N) is 1. The van der Waals surface area contributed by atoms with Crippen molar-refractivity contribution in [2.24, 2.45) is 0 Å². The zero-order valence-electron chi connectivity index (χ0n) is 14.9. The molecule has 1 aliphatic heterocycles. The minimum absolute atomic E-state index is 0.196. The van der Waals surface area contributed by atoms with Gasteiger partial charge in [-0.2, -0.15) is 0 Å². The van der Waals surface area contributed by atoms with Crippen LogP contribution in [0.5, 0.6) is 5.75 Å². The Hall–Kier alpha value is -3.38. The molecule has 0 bridgehead atoms. The van der Waals surface area contributed by atoms with Gasteiger partial charge in [-0.05, 0) is 35.9 Å². The van der Waals surface area contributed by atoms with Crippen molar-refractivity contribution in [3.8, 4) is 11.6 Å². The Balaban J connectivity index is 1.41. The number of benzene rings is 1. The van der Waals surface area contributed by atoms with E-state index in [9.17, 15) is 4.79 Å². The van der Waals surface area contributed by atoms with E-state index in [2.05, 4.69) is 15.3 Å². The molecule has 3 heterocycles. The fraction of sp³-hybridized carbons (Fsp3) is 0.0952. The molecule has 0 unspecified atom stereocenters. The highest BCUT2D eigenvalue weighted by molar-refractivity contribution is 6.30. The molecule has 3 aromatic rings. The van der Waals surface area contributed by atoms with Crippen molar-refractivity contribution in [1.82, 2.24) is 19.9 Å². The second kappa shape index (κ2) is 8.10. The summed E-state index contributed by atoms with van der Waals surface area (Å²) in [5.41, 5.74) is 2.69. The van der Waals surface area contributed by atoms with Gasteiger partial charge < -0.3 is 10.1 Å². The Morgan fingerprint density at radius 3 is 3.11 bits per heavy atom. The van der Waals surface area contributed by atoms with Crippen LogP contribution in [0.3, 0.4) is 0 Å². The summed E-state index contributed by atoms with van der Waals surface area (Å²) >= 11 is 6.02. The van der Waals surface area contributed by atoms with Gasteiger partial charge in [0.1, 0.15) is 24.5 Å². The molecule has 1 aromatic carbocycles. The van der Waals surface area contributed by atoms with Crippen LogP contribution in [0, 0.1) is 0 Å². The van der Waals surface area contributed by atoms with Gasteiger partial charge >= 0.3 is 0 Å². The minimum atomic E-state index is -0.196. The van der Waals surface area contributed by atoms with Gasteiger partial charge in [0, 0.05) is 47.4 Å². The highest BCUT2D eigenvalue weighted by atomic mass is 35.5. The predicted octanol–water partition coefficient (Wildman–Crippen LogP) is 3.57. The Morgan fingerprint density at radius 2 is 2.25 bits per heavy atom. The summed E-state index contributed by atoms with van der Waals surface area (Å²) in [5, 5.41) is 3.53. The number of aromatic nitrogens is 3. The maximum atomic E-state index is 12.2. The summed E-state index contributed by atoms with van der Waals surface area (Å²) in [6, 6.07) is 9.23. The number of carbonyl (C=O) groups excluding carboxylic acids is 1. The number of imidazole rings is 1. The fourth-order valence-corrected chi connectivity index (χ4v) is 3.05. The molecule has 0 aliphatic carbocycles. The number of pyridine rings is 1. The Labute approximate surface area is 167 Å². The molecule has 1 N–H and O–H groups in total. The van der Waals surface area contributed by atoms with Gasteiger partial charge in [0.2, 0.25) is 5.91 Å². The lowest BCUT2D eigenvalue weighted by Gasteiger charge is -2.16. The first kappa shape index (κ1) is 18.0. The summed E-state index contributed by atoms with van der Waals surface area (Å²) in [5.74, 6) is 1.33. The molecule has 0 radical (unpaired) electrons. The molecule has 6 nitrogen and oxygen atoms in total. The van der Waals surface area contributed by atoms with E-state index in [-0.39, 0.29) is 5.91 Å². The van der Waals surface area contributed by atoms with Gasteiger partial charge in [0.05, 0.1) is 0 Å². The molecule has 0 fully saturated rings. The van der Waals surface area contributed by atoms with Gasteiger partial charge in [0.25, 0.3) is 0 Å². The summed E-state index contributed by atoms with van der Waals surface area (Å²) < 4.78 is 7.49. The Morgan fingerprint density at radius 1 is 1.32 bits per heavy atom. The quantitative estimate of drug-likeness (QED) is 0.674. The highest BCUT2D eigenvalue weighted by Gasteiger charge is 2.11. The average Bonchev–Trinajstić information content (AvgIpc) is 3.25. The molecule has 0 spiro atoms. The van der Waals surface area contributed by atoms with E-state index in [1.165, 1.54) is 6.08 Å². The topological polar surface area (TPSA) is 69.0 Å². The molecule has 1 amide bonds. The number of halogens is 1. The summed E-state index contributed by atoms with van der Waals surface area (Å²) in [6.45, 7) is 0.768. The van der Waals surface area contributed by atoms with E-state index in [0.717, 1.165) is 28.3 Å². The van der Waals surface area contributed by atoms with Crippen LogP contribution in [0.4, 0.5) is 0 Å². The number of rotatable bonds is 5. The largest absolute Gasteiger partial charge is 0.488 e. The van der Waals surface area contributed by atoms with Crippen molar-refractivity contribution in [3.63, 3.8) is 0 Å². The van der Waals surface area contributed by atoms with Crippen LogP contribution in [-0.4, -0.2) is 27.0 Å². The molecule has 4 rings (SSSR count). The predicted molar refractivity (Wildman–Crippen MR) is 107 cm³/mol. The zero-order chi connectivity index (χ0) is 19.3. The number of fused-ring (bicyclic) bond motifs is 1. The first-order valence-corrected chi connectivity index (χ1v) is 9.08. The number of carbonyl (C=O) groups is 1. The van der Waals surface area contributed by atoms with Crippen LogP contribution in [0.2, 0.25) is 5.02 Å². The monoisotopic (exact) mass is 392 g/mol. The summed E-state index contributed by atoms with van der Waals surface area (Å²) in [7, 11) is 0. The zero-order valence-corrected chi connectivity index (χ0v) is 15.6. The maximum Gasteiger partial charge on any atom is 0.244 e. The molecule has 140 valence electrons. The standard InChI is InChI=1S/C21H17ClN4O2/c22-18-4-5-19-17(11-18)10-15(13-28-19)3-6-20(27)25-12-16-2-1-7-24-21(16)26-9-8-23-14-26/h1-11,14H,12-13H2,(H,25,27)/b6-3-. The fourth-order valence-electron chi connectivity index (χ4n) is 2.87. The summed E-state index contributed by atoms with van der Waals surface area (Å²) in [4.78, 5) is 20.6. The molecule has 0 saturated heterocycles. The molecular weight excluding hydrogens is 376 g/mol. The Kier molecular flexibility index (Phi) is 5.21. The van der Waals surface area contributed by atoms with Crippen LogP contribution in [0.15, 0.2) is 73.0 Å². The first-order chi connectivity index (χ1) is 13.7. The molecule has 0 saturated carbocycles. The molecule has 2 aromatic heterocycles. The van der Waals surface area contributed by atoms with E-state index >= 15 is 0 Å². The first-order valence-electron chi connectivity index (χ1n) is 8.70. The van der Waals surface area contributed by atoms with Crippen molar-refractivity contribution < 1.29 is 9.53 Å². The van der Waals surface area contributed by atoms with Crippen LogP contribution in [0.1, 0.15) is 11.1 Å². The van der Waals surface area contributed by atoms with Crippen molar-refractivity contribution in [2.45, 2.75) is 6.54 Å². The van der Waals surface area contributed by atoms with Gasteiger partial charge in [-0.25, -0.2) is 9.97 Å². The van der Waals surface area contributed by atoms with E-state index in [1.807, 2.05) is 41.1 Å². The van der Waals surface area contributed by atoms with Crippen LogP contribution < -0.4 is 10.1 Å². The smallest absolute Gasteiger partial charge is 0.244 e. The van der Waals surface area contributed by atoms with E-state index in [0.29, 0.717) is 18.2 Å². The van der Waals surface area contributed by atoms with Crippen molar-refractivity contribution >= 4 is 23.6 Å². The van der Waals surface area contributed by atoms with Crippen molar-refractivity contribution in [1.29, 1.82) is 0 Å². The van der Waals surface area contributed by atoms with Gasteiger partial charge in [0.15, 0.2) is 0 Å². The van der Waals surface area contributed by atoms with Crippen LogP contribution >= 0.6 is 11.6 Å². The normalized spacial score (nSPS) is 13.0. The molecule has 28 heavy (non-hydrogen) atoms. The third kappa shape index (κ3) is 4.13. The van der Waals surface area contributed by atoms with E-state index in [1.54, 1.807) is 30.9 Å². The molecule has 1 aliphatic rings. The lowest BCUT2D eigenvalue weighted by atomic mass is 10.1. The van der Waals surface area contributed by atoms with Gasteiger partial charge in [-0.15, -0.1) is 0 Å². The average molecular weight is 393 g/mol. The van der Waals surface area contributed by atoms with E-state index in [4.69, 9.17) is 16.3 Å².